The second-order valence-corrected chi connectivity index (χ2v) is 6.18. The van der Waals surface area contributed by atoms with Gasteiger partial charge in [0.25, 0.3) is 0 Å². The predicted molar refractivity (Wildman–Crippen MR) is 71.6 cm³/mol. The highest BCUT2D eigenvalue weighted by atomic mass is 79.9. The molecule has 0 saturated heterocycles. The summed E-state index contributed by atoms with van der Waals surface area (Å²) in [6.07, 6.45) is 5.36. The van der Waals surface area contributed by atoms with E-state index in [0.717, 1.165) is 17.6 Å². The highest BCUT2D eigenvalue weighted by molar-refractivity contribution is 9.10. The lowest BCUT2D eigenvalue weighted by Crippen LogP contribution is -2.33. The topological polar surface area (TPSA) is 35.2 Å². The van der Waals surface area contributed by atoms with Crippen molar-refractivity contribution in [2.75, 3.05) is 6.54 Å². The van der Waals surface area contributed by atoms with Crippen molar-refractivity contribution in [2.24, 2.45) is 11.7 Å². The molecule has 4 heteroatoms. The van der Waals surface area contributed by atoms with Crippen molar-refractivity contribution in [2.45, 2.75) is 38.4 Å². The van der Waals surface area contributed by atoms with Gasteiger partial charge in [0.05, 0.1) is 12.7 Å². The van der Waals surface area contributed by atoms with E-state index in [0.29, 0.717) is 12.0 Å². The molecule has 2 rings (SSSR count). The van der Waals surface area contributed by atoms with Gasteiger partial charge in [0.1, 0.15) is 0 Å². The molecular formula is C12H18BrNOS. The summed E-state index contributed by atoms with van der Waals surface area (Å²) in [4.78, 5) is 1.28. The summed E-state index contributed by atoms with van der Waals surface area (Å²) < 4.78 is 7.18. The minimum absolute atomic E-state index is 0.368. The number of hydrogen-bond acceptors (Lipinski definition) is 3. The van der Waals surface area contributed by atoms with Crippen LogP contribution in [0.3, 0.4) is 0 Å². The fourth-order valence-electron chi connectivity index (χ4n) is 2.27. The molecular weight excluding hydrogens is 286 g/mol. The molecule has 90 valence electrons. The first-order valence-electron chi connectivity index (χ1n) is 5.85. The minimum Gasteiger partial charge on any atom is -0.372 e. The van der Waals surface area contributed by atoms with Crippen molar-refractivity contribution in [3.63, 3.8) is 0 Å². The van der Waals surface area contributed by atoms with Crippen molar-refractivity contribution >= 4 is 27.3 Å². The largest absolute Gasteiger partial charge is 0.372 e. The van der Waals surface area contributed by atoms with Gasteiger partial charge < -0.3 is 10.5 Å². The van der Waals surface area contributed by atoms with Crippen LogP contribution < -0.4 is 5.73 Å². The fraction of sp³-hybridized carbons (Fsp3) is 0.667. The number of hydrogen-bond donors (Lipinski definition) is 1. The van der Waals surface area contributed by atoms with Crippen molar-refractivity contribution < 1.29 is 4.74 Å². The molecule has 1 saturated carbocycles. The highest BCUT2D eigenvalue weighted by Gasteiger charge is 2.24. The van der Waals surface area contributed by atoms with Crippen LogP contribution in [-0.4, -0.2) is 12.6 Å². The van der Waals surface area contributed by atoms with Crippen molar-refractivity contribution in [3.8, 4) is 0 Å². The molecule has 2 nitrogen and oxygen atoms in total. The van der Waals surface area contributed by atoms with Gasteiger partial charge in [-0.25, -0.2) is 0 Å². The lowest BCUT2D eigenvalue weighted by atomic mass is 9.86. The van der Waals surface area contributed by atoms with E-state index in [2.05, 4.69) is 27.4 Å². The zero-order chi connectivity index (χ0) is 11.4. The number of nitrogens with two attached hydrogens (primary N) is 1. The van der Waals surface area contributed by atoms with Crippen LogP contribution in [0.5, 0.6) is 0 Å². The van der Waals surface area contributed by atoms with Gasteiger partial charge in [-0.15, -0.1) is 11.3 Å². The van der Waals surface area contributed by atoms with Crippen LogP contribution in [0.4, 0.5) is 0 Å². The van der Waals surface area contributed by atoms with Crippen LogP contribution in [0.1, 0.15) is 30.6 Å². The first kappa shape index (κ1) is 12.6. The Morgan fingerprint density at radius 2 is 2.25 bits per heavy atom. The molecule has 16 heavy (non-hydrogen) atoms. The van der Waals surface area contributed by atoms with Crippen molar-refractivity contribution in [1.29, 1.82) is 0 Å². The van der Waals surface area contributed by atoms with Crippen LogP contribution in [-0.2, 0) is 11.3 Å². The first-order chi connectivity index (χ1) is 7.81. The maximum atomic E-state index is 6.01. The fourth-order valence-corrected chi connectivity index (χ4v) is 3.66. The lowest BCUT2D eigenvalue weighted by Gasteiger charge is -2.30. The molecule has 1 aromatic rings. The second kappa shape index (κ2) is 6.15. The monoisotopic (exact) mass is 303 g/mol. The van der Waals surface area contributed by atoms with E-state index in [1.165, 1.54) is 30.6 Å². The Morgan fingerprint density at radius 1 is 1.44 bits per heavy atom. The van der Waals surface area contributed by atoms with Crippen molar-refractivity contribution in [3.05, 3.63) is 20.8 Å². The Hall–Kier alpha value is 0.100. The molecule has 0 amide bonds. The molecule has 1 aliphatic rings. The Morgan fingerprint density at radius 3 is 2.94 bits per heavy atom. The van der Waals surface area contributed by atoms with E-state index in [9.17, 15) is 0 Å². The van der Waals surface area contributed by atoms with E-state index in [1.807, 2.05) is 0 Å². The normalized spacial score (nSPS) is 25.9. The van der Waals surface area contributed by atoms with Crippen LogP contribution in [0.25, 0.3) is 0 Å². The summed E-state index contributed by atoms with van der Waals surface area (Å²) in [5.41, 5.74) is 5.79. The maximum absolute atomic E-state index is 6.01. The zero-order valence-electron chi connectivity index (χ0n) is 9.32. The standard InChI is InChI=1S/C12H18BrNOS/c13-10-5-6-16-12(10)8-15-11-4-2-1-3-9(11)7-14/h5-6,9,11H,1-4,7-8,14H2. The van der Waals surface area contributed by atoms with Gasteiger partial charge in [-0.3, -0.25) is 0 Å². The van der Waals surface area contributed by atoms with Crippen LogP contribution in [0.15, 0.2) is 15.9 Å². The minimum atomic E-state index is 0.368. The van der Waals surface area contributed by atoms with Gasteiger partial charge in [0.2, 0.25) is 0 Å². The average molecular weight is 304 g/mol. The molecule has 1 heterocycles. The molecule has 0 bridgehead atoms. The maximum Gasteiger partial charge on any atom is 0.0824 e. The van der Waals surface area contributed by atoms with E-state index < -0.39 is 0 Å². The van der Waals surface area contributed by atoms with Gasteiger partial charge in [0.15, 0.2) is 0 Å². The molecule has 0 radical (unpaired) electrons. The van der Waals surface area contributed by atoms with E-state index in [1.54, 1.807) is 11.3 Å². The number of thiophene rings is 1. The first-order valence-corrected chi connectivity index (χ1v) is 7.52. The van der Waals surface area contributed by atoms with Gasteiger partial charge in [-0.2, -0.15) is 0 Å². The van der Waals surface area contributed by atoms with E-state index >= 15 is 0 Å². The summed E-state index contributed by atoms with van der Waals surface area (Å²) in [5, 5.41) is 2.09. The van der Waals surface area contributed by atoms with Crippen molar-refractivity contribution in [1.82, 2.24) is 0 Å². The Bertz CT molecular complexity index is 329. The van der Waals surface area contributed by atoms with Gasteiger partial charge in [-0.1, -0.05) is 12.8 Å². The van der Waals surface area contributed by atoms with Crippen LogP contribution in [0.2, 0.25) is 0 Å². The lowest BCUT2D eigenvalue weighted by molar-refractivity contribution is -0.0173. The summed E-state index contributed by atoms with van der Waals surface area (Å²) in [6.45, 7) is 1.48. The molecule has 0 aromatic carbocycles. The van der Waals surface area contributed by atoms with E-state index in [4.69, 9.17) is 10.5 Å². The van der Waals surface area contributed by atoms with Gasteiger partial charge in [-0.05, 0) is 52.7 Å². The molecule has 2 atom stereocenters. The molecule has 1 fully saturated rings. The Balaban J connectivity index is 1.86. The SMILES string of the molecule is NCC1CCCCC1OCc1sccc1Br. The van der Waals surface area contributed by atoms with Crippen LogP contribution >= 0.6 is 27.3 Å². The number of halogens is 1. The number of ether oxygens (including phenoxy) is 1. The van der Waals surface area contributed by atoms with Crippen LogP contribution in [0, 0.1) is 5.92 Å². The number of rotatable bonds is 4. The Labute approximate surface area is 109 Å². The third-order valence-corrected chi connectivity index (χ3v) is 5.16. The summed E-state index contributed by atoms with van der Waals surface area (Å²) in [6, 6.07) is 2.07. The molecule has 0 spiro atoms. The zero-order valence-corrected chi connectivity index (χ0v) is 11.7. The third-order valence-electron chi connectivity index (χ3n) is 3.26. The summed E-state index contributed by atoms with van der Waals surface area (Å²) in [5.74, 6) is 0.562. The highest BCUT2D eigenvalue weighted by Crippen LogP contribution is 2.29. The molecule has 1 aromatic heterocycles. The predicted octanol–water partition coefficient (Wildman–Crippen LogP) is 3.54. The van der Waals surface area contributed by atoms with E-state index in [-0.39, 0.29) is 0 Å². The second-order valence-electron chi connectivity index (χ2n) is 4.32. The van der Waals surface area contributed by atoms with Gasteiger partial charge in [0, 0.05) is 9.35 Å². The third kappa shape index (κ3) is 3.06. The smallest absolute Gasteiger partial charge is 0.0824 e. The molecule has 2 N–H and O–H groups in total. The summed E-state index contributed by atoms with van der Waals surface area (Å²) in [7, 11) is 0. The molecule has 2 unspecified atom stereocenters. The molecule has 0 aliphatic heterocycles. The molecule has 1 aliphatic carbocycles. The summed E-state index contributed by atoms with van der Waals surface area (Å²) >= 11 is 5.27. The Kier molecular flexibility index (Phi) is 4.82. The average Bonchev–Trinajstić information content (AvgIpc) is 2.72. The quantitative estimate of drug-likeness (QED) is 0.923. The van der Waals surface area contributed by atoms with Gasteiger partial charge >= 0.3 is 0 Å².